The first-order valence-electron chi connectivity index (χ1n) is 12.3. The Morgan fingerprint density at radius 1 is 1.04 bits per heavy atom. The molecule has 0 aromatic carbocycles. The van der Waals surface area contributed by atoms with Gasteiger partial charge in [0.1, 0.15) is 0 Å². The maximum Gasteiger partial charge on any atom is -0.00437 e. The summed E-state index contributed by atoms with van der Waals surface area (Å²) in [7, 11) is 0. The molecule has 0 aromatic heterocycles. The fraction of sp³-hybridized carbons (Fsp3) is 0.852. The van der Waals surface area contributed by atoms with Gasteiger partial charge in [-0.1, -0.05) is 75.9 Å². The molecule has 4 rings (SSSR count). The number of fused-ring (bicyclic) bond motifs is 5. The quantitative estimate of drug-likeness (QED) is 0.395. The fourth-order valence-corrected chi connectivity index (χ4v) is 8.76. The van der Waals surface area contributed by atoms with Crippen molar-refractivity contribution in [3.05, 3.63) is 22.2 Å². The van der Waals surface area contributed by atoms with E-state index >= 15 is 0 Å². The molecule has 4 aliphatic rings. The molecular formula is C27H43Br. The molecule has 0 unspecified atom stereocenters. The Bertz CT molecular complexity index is 643. The third-order valence-electron chi connectivity index (χ3n) is 9.92. The highest BCUT2D eigenvalue weighted by atomic mass is 79.9. The van der Waals surface area contributed by atoms with Gasteiger partial charge in [0.15, 0.2) is 0 Å². The van der Waals surface area contributed by atoms with E-state index in [0.29, 0.717) is 10.8 Å². The largest absolute Gasteiger partial charge is 0.0804 e. The van der Waals surface area contributed by atoms with Crippen LogP contribution in [0.5, 0.6) is 0 Å². The van der Waals surface area contributed by atoms with Crippen LogP contribution < -0.4 is 0 Å². The van der Waals surface area contributed by atoms with Gasteiger partial charge in [-0.25, -0.2) is 0 Å². The van der Waals surface area contributed by atoms with Crippen LogP contribution in [0.15, 0.2) is 22.2 Å². The molecule has 0 amide bonds. The highest BCUT2D eigenvalue weighted by molar-refractivity contribution is 9.11. The molecule has 0 aliphatic heterocycles. The average Bonchev–Trinajstić information content (AvgIpc) is 2.99. The fourth-order valence-electron chi connectivity index (χ4n) is 8.32. The highest BCUT2D eigenvalue weighted by Gasteiger charge is 2.58. The highest BCUT2D eigenvalue weighted by Crippen LogP contribution is 2.67. The van der Waals surface area contributed by atoms with Crippen molar-refractivity contribution in [3.8, 4) is 0 Å². The second-order valence-corrected chi connectivity index (χ2v) is 12.8. The first-order chi connectivity index (χ1) is 13.3. The molecule has 0 bridgehead atoms. The summed E-state index contributed by atoms with van der Waals surface area (Å²) in [6.07, 6.45) is 19.4. The van der Waals surface area contributed by atoms with E-state index in [1.54, 1.807) is 5.57 Å². The Labute approximate surface area is 183 Å². The topological polar surface area (TPSA) is 0 Å². The van der Waals surface area contributed by atoms with Gasteiger partial charge in [0.05, 0.1) is 0 Å². The summed E-state index contributed by atoms with van der Waals surface area (Å²) in [5.74, 6) is 5.62. The second-order valence-electron chi connectivity index (χ2n) is 11.8. The second kappa shape index (κ2) is 7.90. The van der Waals surface area contributed by atoms with Gasteiger partial charge in [0.25, 0.3) is 0 Å². The summed E-state index contributed by atoms with van der Waals surface area (Å²) in [6.45, 7) is 12.7. The molecule has 28 heavy (non-hydrogen) atoms. The summed E-state index contributed by atoms with van der Waals surface area (Å²) in [6, 6.07) is 0. The minimum absolute atomic E-state index is 0.447. The monoisotopic (exact) mass is 446 g/mol. The predicted molar refractivity (Wildman–Crippen MR) is 125 cm³/mol. The Morgan fingerprint density at radius 2 is 1.82 bits per heavy atom. The molecular weight excluding hydrogens is 404 g/mol. The SMILES string of the molecule is CC(C)CCC[C@@H](C)[C@H]1CC[C@H]2[C@@H]3CC=C4C=C(Br)CC[C@]4(C)[C@H]3CC[C@]12C. The van der Waals surface area contributed by atoms with Crippen LogP contribution in [0.25, 0.3) is 0 Å². The van der Waals surface area contributed by atoms with E-state index in [-0.39, 0.29) is 0 Å². The molecule has 2 saturated carbocycles. The normalized spacial score (nSPS) is 43.7. The molecule has 1 heteroatoms. The van der Waals surface area contributed by atoms with Gasteiger partial charge in [0, 0.05) is 0 Å². The van der Waals surface area contributed by atoms with E-state index in [1.165, 1.54) is 68.7 Å². The molecule has 0 aromatic rings. The minimum Gasteiger partial charge on any atom is -0.0804 e. The van der Waals surface area contributed by atoms with E-state index in [0.717, 1.165) is 35.5 Å². The molecule has 0 saturated heterocycles. The zero-order chi connectivity index (χ0) is 20.1. The molecule has 0 nitrogen and oxygen atoms in total. The van der Waals surface area contributed by atoms with Crippen molar-refractivity contribution < 1.29 is 0 Å². The first-order valence-corrected chi connectivity index (χ1v) is 13.1. The summed E-state index contributed by atoms with van der Waals surface area (Å²) in [5.41, 5.74) is 2.72. The van der Waals surface area contributed by atoms with Crippen LogP contribution in [0.3, 0.4) is 0 Å². The van der Waals surface area contributed by atoms with Crippen LogP contribution in [0.4, 0.5) is 0 Å². The first kappa shape index (κ1) is 21.2. The van der Waals surface area contributed by atoms with Gasteiger partial charge in [-0.2, -0.15) is 0 Å². The number of rotatable bonds is 5. The van der Waals surface area contributed by atoms with E-state index in [2.05, 4.69) is 62.7 Å². The Hall–Kier alpha value is -0.0400. The maximum atomic E-state index is 3.79. The number of allylic oxidation sites excluding steroid dienone is 4. The van der Waals surface area contributed by atoms with Crippen LogP contribution in [0.1, 0.15) is 98.8 Å². The van der Waals surface area contributed by atoms with Crippen molar-refractivity contribution in [2.45, 2.75) is 98.8 Å². The smallest absolute Gasteiger partial charge is 0.00437 e. The zero-order valence-electron chi connectivity index (χ0n) is 19.1. The minimum atomic E-state index is 0.447. The van der Waals surface area contributed by atoms with Crippen molar-refractivity contribution in [3.63, 3.8) is 0 Å². The van der Waals surface area contributed by atoms with Crippen molar-refractivity contribution in [1.29, 1.82) is 0 Å². The van der Waals surface area contributed by atoms with Crippen LogP contribution in [0, 0.1) is 46.3 Å². The van der Waals surface area contributed by atoms with Crippen LogP contribution >= 0.6 is 15.9 Å². The predicted octanol–water partition coefficient (Wildman–Crippen LogP) is 8.92. The van der Waals surface area contributed by atoms with Gasteiger partial charge in [0.2, 0.25) is 0 Å². The molecule has 4 aliphatic carbocycles. The average molecular weight is 448 g/mol. The Morgan fingerprint density at radius 3 is 2.57 bits per heavy atom. The molecule has 0 radical (unpaired) electrons. The third-order valence-corrected chi connectivity index (χ3v) is 10.5. The van der Waals surface area contributed by atoms with E-state index in [4.69, 9.17) is 0 Å². The molecule has 2 fully saturated rings. The van der Waals surface area contributed by atoms with Gasteiger partial charge < -0.3 is 0 Å². The molecule has 0 heterocycles. The van der Waals surface area contributed by atoms with Gasteiger partial charge in [-0.15, -0.1) is 0 Å². The van der Waals surface area contributed by atoms with Crippen LogP contribution in [-0.4, -0.2) is 0 Å². The van der Waals surface area contributed by atoms with Crippen LogP contribution in [0.2, 0.25) is 0 Å². The van der Waals surface area contributed by atoms with Gasteiger partial charge in [-0.05, 0) is 107 Å². The lowest BCUT2D eigenvalue weighted by molar-refractivity contribution is -0.0452. The molecule has 158 valence electrons. The Balaban J connectivity index is 1.51. The molecule has 0 N–H and O–H groups in total. The number of hydrogen-bond acceptors (Lipinski definition) is 0. The summed E-state index contributed by atoms with van der Waals surface area (Å²) < 4.78 is 1.42. The van der Waals surface area contributed by atoms with Crippen molar-refractivity contribution in [1.82, 2.24) is 0 Å². The van der Waals surface area contributed by atoms with Gasteiger partial charge >= 0.3 is 0 Å². The molecule has 0 spiro atoms. The van der Waals surface area contributed by atoms with Crippen molar-refractivity contribution >= 4 is 15.9 Å². The van der Waals surface area contributed by atoms with E-state index in [1.807, 2.05) is 0 Å². The lowest BCUT2D eigenvalue weighted by Crippen LogP contribution is -2.49. The molecule has 7 atom stereocenters. The standard InChI is InChI=1S/C27H43Br/c1-18(2)7-6-8-19(3)23-11-12-24-22-10-9-20-17-21(28)13-15-26(20,4)25(22)14-16-27(23,24)5/h9,17-19,22-25H,6-8,10-16H2,1-5H3/t19-,22+,23-,24+,25+,26+,27-/m1/s1. The van der Waals surface area contributed by atoms with Crippen molar-refractivity contribution in [2.24, 2.45) is 46.3 Å². The lowest BCUT2D eigenvalue weighted by Gasteiger charge is -2.57. The zero-order valence-corrected chi connectivity index (χ0v) is 20.7. The lowest BCUT2D eigenvalue weighted by atomic mass is 9.47. The van der Waals surface area contributed by atoms with Crippen molar-refractivity contribution in [2.75, 3.05) is 0 Å². The van der Waals surface area contributed by atoms with Crippen LogP contribution in [-0.2, 0) is 0 Å². The summed E-state index contributed by atoms with van der Waals surface area (Å²) in [4.78, 5) is 0. The summed E-state index contributed by atoms with van der Waals surface area (Å²) in [5, 5.41) is 0. The van der Waals surface area contributed by atoms with Gasteiger partial charge in [-0.3, -0.25) is 0 Å². The number of halogens is 1. The summed E-state index contributed by atoms with van der Waals surface area (Å²) >= 11 is 3.79. The van der Waals surface area contributed by atoms with E-state index < -0.39 is 0 Å². The maximum absolute atomic E-state index is 3.79. The Kier molecular flexibility index (Phi) is 5.98. The third kappa shape index (κ3) is 3.50. The van der Waals surface area contributed by atoms with E-state index in [9.17, 15) is 0 Å². The number of hydrogen-bond donors (Lipinski definition) is 0.